The molecule has 1 aromatic carbocycles. The van der Waals surface area contributed by atoms with Gasteiger partial charge in [0.2, 0.25) is 0 Å². The van der Waals surface area contributed by atoms with Crippen molar-refractivity contribution in [1.29, 1.82) is 0 Å². The van der Waals surface area contributed by atoms with Crippen LogP contribution < -0.4 is 16.0 Å². The third kappa shape index (κ3) is 3.09. The van der Waals surface area contributed by atoms with Crippen molar-refractivity contribution in [3.63, 3.8) is 0 Å². The van der Waals surface area contributed by atoms with Gasteiger partial charge >= 0.3 is 0 Å². The summed E-state index contributed by atoms with van der Waals surface area (Å²) >= 11 is 1.44. The lowest BCUT2D eigenvalue weighted by molar-refractivity contribution is 0.103. The zero-order valence-electron chi connectivity index (χ0n) is 12.7. The highest BCUT2D eigenvalue weighted by Gasteiger charge is 2.22. The first-order valence-corrected chi connectivity index (χ1v) is 8.54. The summed E-state index contributed by atoms with van der Waals surface area (Å²) in [6, 6.07) is 9.96. The molecule has 1 aliphatic heterocycles. The van der Waals surface area contributed by atoms with E-state index in [0.717, 1.165) is 17.9 Å². The molecule has 1 saturated heterocycles. The number of nitrogens with two attached hydrogens (primary N) is 1. The van der Waals surface area contributed by atoms with E-state index in [9.17, 15) is 4.79 Å². The maximum Gasteiger partial charge on any atom is 0.265 e. The monoisotopic (exact) mass is 315 g/mol. The summed E-state index contributed by atoms with van der Waals surface area (Å²) in [5.41, 5.74) is 8.44. The van der Waals surface area contributed by atoms with Crippen LogP contribution in [0.4, 0.5) is 17.1 Å². The molecule has 0 aliphatic carbocycles. The zero-order chi connectivity index (χ0) is 15.5. The number of carbonyl (C=O) groups is 1. The van der Waals surface area contributed by atoms with Gasteiger partial charge in [0.25, 0.3) is 5.91 Å². The van der Waals surface area contributed by atoms with Gasteiger partial charge in [-0.05, 0) is 55.8 Å². The zero-order valence-corrected chi connectivity index (χ0v) is 13.5. The van der Waals surface area contributed by atoms with Crippen molar-refractivity contribution >= 4 is 34.3 Å². The van der Waals surface area contributed by atoms with Crippen LogP contribution in [-0.2, 0) is 0 Å². The first kappa shape index (κ1) is 14.9. The molecule has 3 rings (SSSR count). The number of hydrogen-bond acceptors (Lipinski definition) is 4. The minimum absolute atomic E-state index is 0.0773. The van der Waals surface area contributed by atoms with Crippen molar-refractivity contribution < 1.29 is 4.79 Å². The summed E-state index contributed by atoms with van der Waals surface area (Å²) < 4.78 is 0. The number of hydrogen-bond donors (Lipinski definition) is 2. The molecular weight excluding hydrogens is 294 g/mol. The number of amides is 1. The Hall–Kier alpha value is -2.01. The average Bonchev–Trinajstić information content (AvgIpc) is 3.03. The molecule has 2 aromatic rings. The highest BCUT2D eigenvalue weighted by molar-refractivity contribution is 7.12. The molecule has 116 valence electrons. The lowest BCUT2D eigenvalue weighted by atomic mass is 10.0. The van der Waals surface area contributed by atoms with E-state index in [1.165, 1.54) is 30.6 Å². The van der Waals surface area contributed by atoms with Crippen LogP contribution in [0.1, 0.15) is 35.9 Å². The topological polar surface area (TPSA) is 58.4 Å². The fraction of sp³-hybridized carbons (Fsp3) is 0.353. The van der Waals surface area contributed by atoms with E-state index >= 15 is 0 Å². The maximum atomic E-state index is 12.3. The molecule has 1 fully saturated rings. The fourth-order valence-corrected chi connectivity index (χ4v) is 3.57. The Balaban J connectivity index is 1.89. The first-order chi connectivity index (χ1) is 10.6. The number of piperidine rings is 1. The Morgan fingerprint density at radius 3 is 2.95 bits per heavy atom. The molecule has 0 saturated carbocycles. The molecule has 1 unspecified atom stereocenters. The summed E-state index contributed by atoms with van der Waals surface area (Å²) in [4.78, 5) is 15.4. The van der Waals surface area contributed by atoms with E-state index in [1.54, 1.807) is 0 Å². The van der Waals surface area contributed by atoms with E-state index in [1.807, 2.05) is 35.7 Å². The van der Waals surface area contributed by atoms with Gasteiger partial charge in [-0.25, -0.2) is 0 Å². The average molecular weight is 315 g/mol. The fourth-order valence-electron chi connectivity index (χ4n) is 2.95. The largest absolute Gasteiger partial charge is 0.399 e. The van der Waals surface area contributed by atoms with Gasteiger partial charge in [0.15, 0.2) is 0 Å². The summed E-state index contributed by atoms with van der Waals surface area (Å²) in [6.45, 7) is 3.26. The van der Waals surface area contributed by atoms with Crippen LogP contribution in [0.15, 0.2) is 35.7 Å². The molecule has 1 atom stereocenters. The Kier molecular flexibility index (Phi) is 4.34. The maximum absolute atomic E-state index is 12.3. The molecule has 4 nitrogen and oxygen atoms in total. The van der Waals surface area contributed by atoms with E-state index < -0.39 is 0 Å². The third-order valence-electron chi connectivity index (χ3n) is 4.13. The second kappa shape index (κ2) is 6.40. The predicted octanol–water partition coefficient (Wildman–Crippen LogP) is 3.96. The van der Waals surface area contributed by atoms with Crippen molar-refractivity contribution in [1.82, 2.24) is 0 Å². The van der Waals surface area contributed by atoms with Crippen LogP contribution in [-0.4, -0.2) is 18.5 Å². The number of nitrogen functional groups attached to an aromatic ring is 1. The summed E-state index contributed by atoms with van der Waals surface area (Å²) in [5.74, 6) is -0.0773. The van der Waals surface area contributed by atoms with E-state index in [2.05, 4.69) is 17.1 Å². The van der Waals surface area contributed by atoms with E-state index in [4.69, 9.17) is 5.73 Å². The third-order valence-corrected chi connectivity index (χ3v) is 4.99. The van der Waals surface area contributed by atoms with Crippen molar-refractivity contribution in [3.8, 4) is 0 Å². The van der Waals surface area contributed by atoms with Crippen molar-refractivity contribution in [3.05, 3.63) is 40.6 Å². The number of nitrogens with zero attached hydrogens (tertiary/aromatic N) is 1. The number of carbonyl (C=O) groups excluding carboxylic acids is 1. The minimum Gasteiger partial charge on any atom is -0.399 e. The number of rotatable bonds is 3. The van der Waals surface area contributed by atoms with Crippen molar-refractivity contribution in [2.45, 2.75) is 32.2 Å². The van der Waals surface area contributed by atoms with Crippen LogP contribution in [0.3, 0.4) is 0 Å². The van der Waals surface area contributed by atoms with Crippen LogP contribution in [0.5, 0.6) is 0 Å². The van der Waals surface area contributed by atoms with Crippen LogP contribution in [0, 0.1) is 0 Å². The van der Waals surface area contributed by atoms with Gasteiger partial charge in [0, 0.05) is 18.3 Å². The van der Waals surface area contributed by atoms with Crippen LogP contribution in [0.25, 0.3) is 0 Å². The highest BCUT2D eigenvalue weighted by Crippen LogP contribution is 2.33. The molecule has 22 heavy (non-hydrogen) atoms. The van der Waals surface area contributed by atoms with E-state index in [-0.39, 0.29) is 5.91 Å². The molecule has 5 heteroatoms. The number of anilines is 3. The molecule has 2 heterocycles. The quantitative estimate of drug-likeness (QED) is 0.843. The van der Waals surface area contributed by atoms with Crippen molar-refractivity contribution in [2.24, 2.45) is 0 Å². The number of thiophene rings is 1. The highest BCUT2D eigenvalue weighted by atomic mass is 32.1. The standard InChI is InChI=1S/C17H21N3OS/c1-12-5-2-3-9-20(12)15-8-7-13(18)11-14(15)19-17(21)16-6-4-10-22-16/h4,6-8,10-12H,2-3,5,9,18H2,1H3,(H,19,21). The van der Waals surface area contributed by atoms with Gasteiger partial charge in [-0.15, -0.1) is 11.3 Å². The Morgan fingerprint density at radius 2 is 2.23 bits per heavy atom. The SMILES string of the molecule is CC1CCCCN1c1ccc(N)cc1NC(=O)c1cccs1. The smallest absolute Gasteiger partial charge is 0.265 e. The van der Waals surface area contributed by atoms with Gasteiger partial charge in [-0.2, -0.15) is 0 Å². The van der Waals surface area contributed by atoms with E-state index in [0.29, 0.717) is 16.6 Å². The molecule has 3 N–H and O–H groups in total. The summed E-state index contributed by atoms with van der Waals surface area (Å²) in [6.07, 6.45) is 3.64. The Labute approximate surface area is 134 Å². The lowest BCUT2D eigenvalue weighted by Crippen LogP contribution is -2.38. The lowest BCUT2D eigenvalue weighted by Gasteiger charge is -2.36. The molecule has 0 radical (unpaired) electrons. The molecule has 1 aromatic heterocycles. The normalized spacial score (nSPS) is 18.2. The molecule has 0 spiro atoms. The summed E-state index contributed by atoms with van der Waals surface area (Å²) in [7, 11) is 0. The van der Waals surface area contributed by atoms with Crippen LogP contribution >= 0.6 is 11.3 Å². The van der Waals surface area contributed by atoms with Gasteiger partial charge in [-0.1, -0.05) is 6.07 Å². The predicted molar refractivity (Wildman–Crippen MR) is 93.8 cm³/mol. The molecule has 1 amide bonds. The van der Waals surface area contributed by atoms with Crippen molar-refractivity contribution in [2.75, 3.05) is 22.5 Å². The Bertz CT molecular complexity index is 654. The summed E-state index contributed by atoms with van der Waals surface area (Å²) in [5, 5.41) is 4.93. The van der Waals surface area contributed by atoms with Gasteiger partial charge in [0.1, 0.15) is 0 Å². The van der Waals surface area contributed by atoms with Gasteiger partial charge in [0.05, 0.1) is 16.3 Å². The number of nitrogens with one attached hydrogen (secondary N) is 1. The number of benzene rings is 1. The molecule has 0 bridgehead atoms. The molecule has 1 aliphatic rings. The van der Waals surface area contributed by atoms with Gasteiger partial charge in [-0.3, -0.25) is 4.79 Å². The second-order valence-electron chi connectivity index (χ2n) is 5.75. The first-order valence-electron chi connectivity index (χ1n) is 7.66. The molecular formula is C17H21N3OS. The van der Waals surface area contributed by atoms with Gasteiger partial charge < -0.3 is 16.0 Å². The minimum atomic E-state index is -0.0773. The Morgan fingerprint density at radius 1 is 1.36 bits per heavy atom. The second-order valence-corrected chi connectivity index (χ2v) is 6.69. The van der Waals surface area contributed by atoms with Crippen LogP contribution in [0.2, 0.25) is 0 Å².